The van der Waals surface area contributed by atoms with Gasteiger partial charge in [-0.15, -0.1) is 0 Å². The van der Waals surface area contributed by atoms with E-state index in [-0.39, 0.29) is 18.6 Å². The van der Waals surface area contributed by atoms with Crippen LogP contribution in [0.4, 0.5) is 0 Å². The van der Waals surface area contributed by atoms with Crippen LogP contribution < -0.4 is 5.32 Å². The van der Waals surface area contributed by atoms with Gasteiger partial charge in [0, 0.05) is 16.6 Å². The predicted molar refractivity (Wildman–Crippen MR) is 82.0 cm³/mol. The van der Waals surface area contributed by atoms with Gasteiger partial charge in [0.2, 0.25) is 0 Å². The van der Waals surface area contributed by atoms with Gasteiger partial charge in [-0.1, -0.05) is 35.0 Å². The minimum atomic E-state index is -0.535. The molecule has 0 aliphatic heterocycles. The van der Waals surface area contributed by atoms with Crippen molar-refractivity contribution in [3.8, 4) is 0 Å². The first-order valence-electron chi connectivity index (χ1n) is 6.41. The van der Waals surface area contributed by atoms with Crippen molar-refractivity contribution >= 4 is 33.9 Å². The molecule has 1 N–H and O–H groups in total. The van der Waals surface area contributed by atoms with E-state index in [1.54, 1.807) is 6.08 Å². The first-order chi connectivity index (χ1) is 9.51. The molecular formula is C15H18BrNO3. The monoisotopic (exact) mass is 339 g/mol. The number of halogens is 1. The molecular weight excluding hydrogens is 322 g/mol. The molecule has 1 aromatic carbocycles. The first kappa shape index (κ1) is 16.4. The Labute approximate surface area is 127 Å². The van der Waals surface area contributed by atoms with Crippen LogP contribution in [-0.2, 0) is 14.3 Å². The fourth-order valence-corrected chi connectivity index (χ4v) is 1.61. The lowest BCUT2D eigenvalue weighted by molar-refractivity contribution is -0.144. The van der Waals surface area contributed by atoms with Gasteiger partial charge in [0.25, 0.3) is 5.91 Å². The van der Waals surface area contributed by atoms with Gasteiger partial charge in [-0.3, -0.25) is 4.79 Å². The molecule has 0 fully saturated rings. The van der Waals surface area contributed by atoms with E-state index in [1.807, 2.05) is 38.1 Å². The Morgan fingerprint density at radius 3 is 2.60 bits per heavy atom. The summed E-state index contributed by atoms with van der Waals surface area (Å²) in [6, 6.07) is 7.57. The minimum Gasteiger partial charge on any atom is -0.452 e. The van der Waals surface area contributed by atoms with Gasteiger partial charge < -0.3 is 10.1 Å². The van der Waals surface area contributed by atoms with Gasteiger partial charge >= 0.3 is 5.97 Å². The zero-order valence-electron chi connectivity index (χ0n) is 11.6. The summed E-state index contributed by atoms with van der Waals surface area (Å²) in [5, 5.41) is 2.72. The highest BCUT2D eigenvalue weighted by atomic mass is 79.9. The van der Waals surface area contributed by atoms with Crippen molar-refractivity contribution in [1.82, 2.24) is 5.32 Å². The van der Waals surface area contributed by atoms with Gasteiger partial charge in [0.1, 0.15) is 0 Å². The normalized spacial score (nSPS) is 12.2. The summed E-state index contributed by atoms with van der Waals surface area (Å²) >= 11 is 3.33. The van der Waals surface area contributed by atoms with Crippen LogP contribution in [-0.4, -0.2) is 24.5 Å². The lowest BCUT2D eigenvalue weighted by Gasteiger charge is -2.10. The van der Waals surface area contributed by atoms with E-state index in [1.165, 1.54) is 6.08 Å². The second kappa shape index (κ2) is 8.53. The Morgan fingerprint density at radius 2 is 2.00 bits per heavy atom. The van der Waals surface area contributed by atoms with E-state index >= 15 is 0 Å². The van der Waals surface area contributed by atoms with Crippen LogP contribution in [0.5, 0.6) is 0 Å². The molecule has 1 amide bonds. The SMILES string of the molecule is CC[C@H](C)NC(=O)COC(=O)/C=C/c1ccc(Br)cc1. The smallest absolute Gasteiger partial charge is 0.331 e. The molecule has 0 saturated carbocycles. The van der Waals surface area contributed by atoms with E-state index < -0.39 is 5.97 Å². The molecule has 1 rings (SSSR count). The number of amides is 1. The fraction of sp³-hybridized carbons (Fsp3) is 0.333. The number of esters is 1. The summed E-state index contributed by atoms with van der Waals surface area (Å²) in [5.74, 6) is -0.822. The van der Waals surface area contributed by atoms with Crippen molar-refractivity contribution in [2.24, 2.45) is 0 Å². The summed E-state index contributed by atoms with van der Waals surface area (Å²) < 4.78 is 5.82. The lowest BCUT2D eigenvalue weighted by atomic mass is 10.2. The summed E-state index contributed by atoms with van der Waals surface area (Å²) in [6.07, 6.45) is 3.78. The van der Waals surface area contributed by atoms with Crippen molar-refractivity contribution in [3.05, 3.63) is 40.4 Å². The van der Waals surface area contributed by atoms with Crippen LogP contribution in [0.3, 0.4) is 0 Å². The van der Waals surface area contributed by atoms with E-state index in [2.05, 4.69) is 21.2 Å². The third-order valence-electron chi connectivity index (χ3n) is 2.65. The van der Waals surface area contributed by atoms with E-state index in [9.17, 15) is 9.59 Å². The molecule has 0 unspecified atom stereocenters. The molecule has 1 atom stereocenters. The second-order valence-electron chi connectivity index (χ2n) is 4.37. The summed E-state index contributed by atoms with van der Waals surface area (Å²) in [4.78, 5) is 22.9. The number of hydrogen-bond donors (Lipinski definition) is 1. The number of rotatable bonds is 6. The average molecular weight is 340 g/mol. The molecule has 0 aromatic heterocycles. The quantitative estimate of drug-likeness (QED) is 0.640. The molecule has 108 valence electrons. The van der Waals surface area contributed by atoms with Gasteiger partial charge in [-0.25, -0.2) is 4.79 Å². The Hall–Kier alpha value is -1.62. The van der Waals surface area contributed by atoms with Gasteiger partial charge in [-0.05, 0) is 37.1 Å². The largest absolute Gasteiger partial charge is 0.452 e. The van der Waals surface area contributed by atoms with Crippen molar-refractivity contribution in [2.45, 2.75) is 26.3 Å². The minimum absolute atomic E-state index is 0.0829. The van der Waals surface area contributed by atoms with Gasteiger partial charge in [0.05, 0.1) is 0 Å². The molecule has 0 aliphatic carbocycles. The second-order valence-corrected chi connectivity index (χ2v) is 5.29. The molecule has 4 nitrogen and oxygen atoms in total. The highest BCUT2D eigenvalue weighted by Crippen LogP contribution is 2.11. The molecule has 0 spiro atoms. The Kier molecular flexibility index (Phi) is 7.01. The molecule has 0 saturated heterocycles. The van der Waals surface area contributed by atoms with E-state index in [0.29, 0.717) is 0 Å². The maximum absolute atomic E-state index is 11.4. The number of ether oxygens (including phenoxy) is 1. The summed E-state index contributed by atoms with van der Waals surface area (Å²) in [6.45, 7) is 3.61. The number of hydrogen-bond acceptors (Lipinski definition) is 3. The standard InChI is InChI=1S/C15H18BrNO3/c1-3-11(2)17-14(18)10-20-15(19)9-6-12-4-7-13(16)8-5-12/h4-9,11H,3,10H2,1-2H3,(H,17,18)/b9-6+/t11-/m0/s1. The molecule has 0 radical (unpaired) electrons. The van der Waals surface area contributed by atoms with E-state index in [0.717, 1.165) is 16.5 Å². The Bertz CT molecular complexity index is 482. The highest BCUT2D eigenvalue weighted by Gasteiger charge is 2.07. The van der Waals surface area contributed by atoms with Crippen LogP contribution in [0.15, 0.2) is 34.8 Å². The highest BCUT2D eigenvalue weighted by molar-refractivity contribution is 9.10. The number of carbonyl (C=O) groups excluding carboxylic acids is 2. The van der Waals surface area contributed by atoms with Crippen LogP contribution in [0, 0.1) is 0 Å². The molecule has 0 aliphatic rings. The van der Waals surface area contributed by atoms with Crippen LogP contribution in [0.2, 0.25) is 0 Å². The van der Waals surface area contributed by atoms with Crippen molar-refractivity contribution in [1.29, 1.82) is 0 Å². The van der Waals surface area contributed by atoms with Gasteiger partial charge in [0.15, 0.2) is 6.61 Å². The fourth-order valence-electron chi connectivity index (χ4n) is 1.34. The third kappa shape index (κ3) is 6.52. The van der Waals surface area contributed by atoms with Crippen LogP contribution in [0.1, 0.15) is 25.8 Å². The summed E-state index contributed by atoms with van der Waals surface area (Å²) in [5.41, 5.74) is 0.884. The predicted octanol–water partition coefficient (Wildman–Crippen LogP) is 2.92. The third-order valence-corrected chi connectivity index (χ3v) is 3.18. The van der Waals surface area contributed by atoms with Crippen molar-refractivity contribution in [2.75, 3.05) is 6.61 Å². The Morgan fingerprint density at radius 1 is 1.35 bits per heavy atom. The molecule has 0 bridgehead atoms. The topological polar surface area (TPSA) is 55.4 Å². The average Bonchev–Trinajstić information content (AvgIpc) is 2.44. The molecule has 5 heteroatoms. The number of nitrogens with one attached hydrogen (secondary N) is 1. The number of benzene rings is 1. The maximum atomic E-state index is 11.4. The van der Waals surface area contributed by atoms with Crippen LogP contribution in [0.25, 0.3) is 6.08 Å². The van der Waals surface area contributed by atoms with Gasteiger partial charge in [-0.2, -0.15) is 0 Å². The Balaban J connectivity index is 2.36. The molecule has 20 heavy (non-hydrogen) atoms. The lowest BCUT2D eigenvalue weighted by Crippen LogP contribution is -2.35. The first-order valence-corrected chi connectivity index (χ1v) is 7.20. The zero-order valence-corrected chi connectivity index (χ0v) is 13.1. The molecule has 0 heterocycles. The molecule has 1 aromatic rings. The van der Waals surface area contributed by atoms with E-state index in [4.69, 9.17) is 4.74 Å². The number of carbonyl (C=O) groups is 2. The zero-order chi connectivity index (χ0) is 15.0. The van der Waals surface area contributed by atoms with Crippen LogP contribution >= 0.6 is 15.9 Å². The van der Waals surface area contributed by atoms with Crippen molar-refractivity contribution < 1.29 is 14.3 Å². The summed E-state index contributed by atoms with van der Waals surface area (Å²) in [7, 11) is 0. The maximum Gasteiger partial charge on any atom is 0.331 e. The van der Waals surface area contributed by atoms with Crippen molar-refractivity contribution in [3.63, 3.8) is 0 Å².